The quantitative estimate of drug-likeness (QED) is 0.0804. The van der Waals surface area contributed by atoms with E-state index in [0.29, 0.717) is 6.61 Å². The number of halogens is 1. The molecule has 0 saturated carbocycles. The Kier molecular flexibility index (Phi) is 15.4. The fraction of sp³-hybridized carbons (Fsp3) is 0.200. The molecule has 4 rings (SSSR count). The summed E-state index contributed by atoms with van der Waals surface area (Å²) in [5.41, 5.74) is 3.40. The number of hydrogen-bond acceptors (Lipinski definition) is 3. The van der Waals surface area contributed by atoms with E-state index in [9.17, 15) is 0 Å². The van der Waals surface area contributed by atoms with Crippen molar-refractivity contribution in [2.75, 3.05) is 18.1 Å². The van der Waals surface area contributed by atoms with Gasteiger partial charge >= 0.3 is 0 Å². The van der Waals surface area contributed by atoms with Crippen LogP contribution in [0, 0.1) is 0 Å². The third kappa shape index (κ3) is 9.74. The van der Waals surface area contributed by atoms with E-state index in [1.165, 1.54) is 10.4 Å². The summed E-state index contributed by atoms with van der Waals surface area (Å²) in [5.74, 6) is 0. The Morgan fingerprint density at radius 2 is 0.848 bits per heavy atom. The second-order valence-corrected chi connectivity index (χ2v) is 19.1. The lowest BCUT2D eigenvalue weighted by atomic mass is 10.2. The fourth-order valence-corrected chi connectivity index (χ4v) is 12.7. The summed E-state index contributed by atoms with van der Waals surface area (Å²) in [6, 6.07) is 41.8. The van der Waals surface area contributed by atoms with E-state index in [-0.39, 0.29) is 0 Å². The number of benzene rings is 4. The number of rotatable bonds is 17. The lowest BCUT2D eigenvalue weighted by Crippen LogP contribution is -2.50. The van der Waals surface area contributed by atoms with Crippen molar-refractivity contribution >= 4 is 60.0 Å². The molecule has 46 heavy (non-hydrogen) atoms. The van der Waals surface area contributed by atoms with Crippen molar-refractivity contribution in [1.82, 2.24) is 0 Å². The van der Waals surface area contributed by atoms with Gasteiger partial charge in [-0.3, -0.25) is 0 Å². The lowest BCUT2D eigenvalue weighted by Gasteiger charge is -2.31. The molecular weight excluding hydrogens is 663 g/mol. The van der Waals surface area contributed by atoms with E-state index in [0.717, 1.165) is 52.3 Å². The highest BCUT2D eigenvalue weighted by molar-refractivity contribution is 9.10. The van der Waals surface area contributed by atoms with Crippen LogP contribution in [0.2, 0.25) is 24.2 Å². The molecule has 0 amide bonds. The standard InChI is InChI=1S/C26H29NOSi.C14H19BrOSi/c1-4-21-29(22-5-2,28-6-3)26-19-17-25(18-20-26)27(23-13-9-7-10-14-23)24-15-11-8-12-16-24;1-4-11-17(12-5-2,16-6-3)14-9-7-13(15)8-10-14/h4-5,7-20H,1-2,6,21-22H2,3H3;4-5,7-10H,1-2,6,11-12H2,3H3. The van der Waals surface area contributed by atoms with Gasteiger partial charge in [-0.1, -0.05) is 101 Å². The van der Waals surface area contributed by atoms with Gasteiger partial charge in [0.05, 0.1) is 0 Å². The zero-order valence-corrected chi connectivity index (χ0v) is 31.0. The molecule has 0 unspecified atom stereocenters. The van der Waals surface area contributed by atoms with E-state index in [1.807, 2.05) is 43.4 Å². The predicted molar refractivity (Wildman–Crippen MR) is 209 cm³/mol. The minimum Gasteiger partial charge on any atom is -0.412 e. The van der Waals surface area contributed by atoms with Crippen molar-refractivity contribution < 1.29 is 8.85 Å². The van der Waals surface area contributed by atoms with E-state index in [4.69, 9.17) is 8.85 Å². The molecule has 0 bridgehead atoms. The fourth-order valence-electron chi connectivity index (χ4n) is 5.79. The molecule has 0 radical (unpaired) electrons. The van der Waals surface area contributed by atoms with Crippen LogP contribution >= 0.6 is 15.9 Å². The van der Waals surface area contributed by atoms with Gasteiger partial charge in [-0.2, -0.15) is 0 Å². The molecule has 0 aromatic heterocycles. The van der Waals surface area contributed by atoms with Crippen molar-refractivity contribution in [3.8, 4) is 0 Å². The lowest BCUT2D eigenvalue weighted by molar-refractivity contribution is 0.333. The third-order valence-electron chi connectivity index (χ3n) is 7.79. The maximum atomic E-state index is 6.35. The molecule has 0 aliphatic carbocycles. The van der Waals surface area contributed by atoms with Gasteiger partial charge in [0.1, 0.15) is 0 Å². The average molecular weight is 711 g/mol. The van der Waals surface area contributed by atoms with Crippen LogP contribution in [0.4, 0.5) is 17.1 Å². The smallest absolute Gasteiger partial charge is 0.231 e. The summed E-state index contributed by atoms with van der Waals surface area (Å²) in [5, 5.41) is 2.59. The van der Waals surface area contributed by atoms with Gasteiger partial charge in [-0.05, 0) is 96.9 Å². The van der Waals surface area contributed by atoms with Gasteiger partial charge in [0, 0.05) is 34.7 Å². The number of hydrogen-bond donors (Lipinski definition) is 0. The molecule has 0 heterocycles. The molecule has 0 aliphatic rings. The molecule has 0 fully saturated rings. The van der Waals surface area contributed by atoms with Crippen LogP contribution in [0.5, 0.6) is 0 Å². The van der Waals surface area contributed by atoms with Crippen molar-refractivity contribution in [1.29, 1.82) is 0 Å². The molecule has 240 valence electrons. The highest BCUT2D eigenvalue weighted by atomic mass is 79.9. The molecule has 6 heteroatoms. The molecule has 4 aromatic rings. The maximum absolute atomic E-state index is 6.35. The molecule has 0 aliphatic heterocycles. The zero-order valence-electron chi connectivity index (χ0n) is 27.4. The van der Waals surface area contributed by atoms with Crippen molar-refractivity contribution in [3.63, 3.8) is 0 Å². The monoisotopic (exact) mass is 709 g/mol. The van der Waals surface area contributed by atoms with E-state index in [2.05, 4.69) is 151 Å². The van der Waals surface area contributed by atoms with Crippen LogP contribution in [0.15, 0.2) is 164 Å². The Balaban J connectivity index is 0.000000289. The number of para-hydroxylation sites is 2. The van der Waals surface area contributed by atoms with Crippen LogP contribution in [0.25, 0.3) is 0 Å². The van der Waals surface area contributed by atoms with E-state index >= 15 is 0 Å². The summed E-state index contributed by atoms with van der Waals surface area (Å²) in [6.45, 7) is 21.2. The molecule has 0 N–H and O–H groups in total. The normalized spacial score (nSPS) is 11.1. The van der Waals surface area contributed by atoms with Crippen LogP contribution in [-0.4, -0.2) is 29.8 Å². The van der Waals surface area contributed by atoms with Gasteiger partial charge in [-0.25, -0.2) is 0 Å². The average Bonchev–Trinajstić information content (AvgIpc) is 3.07. The van der Waals surface area contributed by atoms with Crippen molar-refractivity contribution in [3.05, 3.63) is 164 Å². The molecule has 4 aromatic carbocycles. The Bertz CT molecular complexity index is 1430. The molecule has 3 nitrogen and oxygen atoms in total. The van der Waals surface area contributed by atoms with E-state index < -0.39 is 16.6 Å². The Morgan fingerprint density at radius 3 is 1.17 bits per heavy atom. The first-order valence-corrected chi connectivity index (χ1v) is 21.3. The number of anilines is 3. The number of allylic oxidation sites excluding steroid dienone is 4. The summed E-state index contributed by atoms with van der Waals surface area (Å²) in [4.78, 5) is 2.27. The molecular formula is C40H48BrNO2Si2. The first kappa shape index (κ1) is 36.9. The number of nitrogens with zero attached hydrogens (tertiary/aromatic N) is 1. The minimum atomic E-state index is -2.14. The van der Waals surface area contributed by atoms with Crippen LogP contribution in [0.1, 0.15) is 13.8 Å². The Morgan fingerprint density at radius 1 is 0.522 bits per heavy atom. The summed E-state index contributed by atoms with van der Waals surface area (Å²) >= 11 is 3.46. The topological polar surface area (TPSA) is 21.7 Å². The zero-order chi connectivity index (χ0) is 33.3. The van der Waals surface area contributed by atoms with Gasteiger partial charge in [0.25, 0.3) is 0 Å². The molecule has 0 spiro atoms. The SMILES string of the molecule is C=CC[Si](CC=C)(OCC)c1ccc(Br)cc1.C=CC[Si](CC=C)(OCC)c1ccc(N(c2ccccc2)c2ccccc2)cc1. The van der Waals surface area contributed by atoms with Crippen LogP contribution in [-0.2, 0) is 8.85 Å². The molecule has 0 atom stereocenters. The van der Waals surface area contributed by atoms with Gasteiger partial charge in [0.2, 0.25) is 16.6 Å². The van der Waals surface area contributed by atoms with Gasteiger partial charge in [0.15, 0.2) is 0 Å². The Hall–Kier alpha value is -3.53. The summed E-state index contributed by atoms with van der Waals surface area (Å²) < 4.78 is 13.6. The van der Waals surface area contributed by atoms with Crippen LogP contribution in [0.3, 0.4) is 0 Å². The van der Waals surface area contributed by atoms with Gasteiger partial charge < -0.3 is 13.8 Å². The minimum absolute atomic E-state index is 0.704. The van der Waals surface area contributed by atoms with Crippen molar-refractivity contribution in [2.24, 2.45) is 0 Å². The highest BCUT2D eigenvalue weighted by Gasteiger charge is 2.35. The predicted octanol–water partition coefficient (Wildman–Crippen LogP) is 10.7. The third-order valence-corrected chi connectivity index (χ3v) is 16.6. The summed E-state index contributed by atoms with van der Waals surface area (Å²) in [7, 11) is -4.09. The highest BCUT2D eigenvalue weighted by Crippen LogP contribution is 2.34. The second kappa shape index (κ2) is 19.2. The second-order valence-electron chi connectivity index (χ2n) is 10.9. The molecule has 0 saturated heterocycles. The van der Waals surface area contributed by atoms with E-state index in [1.54, 1.807) is 0 Å². The van der Waals surface area contributed by atoms with Gasteiger partial charge in [-0.15, -0.1) is 26.3 Å². The van der Waals surface area contributed by atoms with Crippen LogP contribution < -0.4 is 15.3 Å². The first-order valence-electron chi connectivity index (χ1n) is 15.9. The Labute approximate surface area is 288 Å². The van der Waals surface area contributed by atoms with Crippen molar-refractivity contribution in [2.45, 2.75) is 38.0 Å². The summed E-state index contributed by atoms with van der Waals surface area (Å²) in [6.07, 6.45) is 7.90. The first-order chi connectivity index (χ1) is 22.4. The largest absolute Gasteiger partial charge is 0.412 e. The maximum Gasteiger partial charge on any atom is 0.231 e.